The molecule has 1 aromatic carbocycles. The number of amides is 1. The zero-order chi connectivity index (χ0) is 13.4. The smallest absolute Gasteiger partial charge is 0.273 e. The lowest BCUT2D eigenvalue weighted by Crippen LogP contribution is -2.18. The minimum Gasteiger partial charge on any atom is -0.373 e. The van der Waals surface area contributed by atoms with Crippen molar-refractivity contribution in [2.24, 2.45) is 4.99 Å². The minimum atomic E-state index is -0.232. The first-order chi connectivity index (χ1) is 8.71. The van der Waals surface area contributed by atoms with Crippen molar-refractivity contribution in [3.8, 4) is 0 Å². The molecule has 0 saturated carbocycles. The van der Waals surface area contributed by atoms with E-state index in [0.29, 0.717) is 12.0 Å². The van der Waals surface area contributed by atoms with Crippen LogP contribution in [0.25, 0.3) is 0 Å². The summed E-state index contributed by atoms with van der Waals surface area (Å²) >= 11 is 0. The van der Waals surface area contributed by atoms with Crippen molar-refractivity contribution < 1.29 is 4.79 Å². The van der Waals surface area contributed by atoms with Crippen molar-refractivity contribution in [2.75, 3.05) is 6.54 Å². The monoisotopic (exact) mass is 244 g/mol. The lowest BCUT2D eigenvalue weighted by molar-refractivity contribution is -0.114. The number of carbonyl (C=O) groups is 1. The SMILES string of the molecule is C=NC(=O)/C(=C\N(CC)Cc1ccccc1)CC. The second-order valence-electron chi connectivity index (χ2n) is 4.02. The standard InChI is InChI=1S/C15H20N2O/c1-4-14(15(18)16-3)12-17(5-2)11-13-9-7-6-8-10-13/h6-10,12H,3-5,11H2,1-2H3/b14-12-. The Morgan fingerprint density at radius 2 is 2.00 bits per heavy atom. The van der Waals surface area contributed by atoms with E-state index < -0.39 is 0 Å². The summed E-state index contributed by atoms with van der Waals surface area (Å²) in [4.78, 5) is 17.1. The van der Waals surface area contributed by atoms with E-state index in [4.69, 9.17) is 0 Å². The normalized spacial score (nSPS) is 11.1. The Hall–Kier alpha value is -1.90. The van der Waals surface area contributed by atoms with Gasteiger partial charge in [0.15, 0.2) is 0 Å². The van der Waals surface area contributed by atoms with E-state index in [2.05, 4.69) is 35.7 Å². The molecular weight excluding hydrogens is 224 g/mol. The van der Waals surface area contributed by atoms with Crippen LogP contribution in [0, 0.1) is 0 Å². The summed E-state index contributed by atoms with van der Waals surface area (Å²) in [6.45, 7) is 8.95. The third-order valence-corrected chi connectivity index (χ3v) is 2.77. The molecule has 0 atom stereocenters. The number of aliphatic imine (C=N–C) groups is 1. The van der Waals surface area contributed by atoms with Gasteiger partial charge in [0.2, 0.25) is 0 Å². The van der Waals surface area contributed by atoms with Gasteiger partial charge >= 0.3 is 0 Å². The number of hydrogen-bond donors (Lipinski definition) is 0. The molecule has 3 nitrogen and oxygen atoms in total. The molecule has 0 aliphatic rings. The molecular formula is C15H20N2O. The van der Waals surface area contributed by atoms with Crippen molar-refractivity contribution in [3.63, 3.8) is 0 Å². The third kappa shape index (κ3) is 4.17. The fraction of sp³-hybridized carbons (Fsp3) is 0.333. The zero-order valence-electron chi connectivity index (χ0n) is 11.1. The van der Waals surface area contributed by atoms with E-state index in [0.717, 1.165) is 13.1 Å². The Kier molecular flexibility index (Phi) is 5.85. The highest BCUT2D eigenvalue weighted by Gasteiger charge is 2.07. The molecule has 1 amide bonds. The van der Waals surface area contributed by atoms with Gasteiger partial charge in [-0.3, -0.25) is 4.79 Å². The fourth-order valence-electron chi connectivity index (χ4n) is 1.69. The van der Waals surface area contributed by atoms with Crippen LogP contribution in [0.3, 0.4) is 0 Å². The van der Waals surface area contributed by atoms with Gasteiger partial charge in [0.1, 0.15) is 0 Å². The quantitative estimate of drug-likeness (QED) is 0.569. The van der Waals surface area contributed by atoms with Crippen LogP contribution in [0.15, 0.2) is 47.1 Å². The molecule has 3 heteroatoms. The predicted octanol–water partition coefficient (Wildman–Crippen LogP) is 3.03. The molecule has 18 heavy (non-hydrogen) atoms. The van der Waals surface area contributed by atoms with Gasteiger partial charge in [0.25, 0.3) is 5.91 Å². The molecule has 0 aromatic heterocycles. The summed E-state index contributed by atoms with van der Waals surface area (Å²) in [6, 6.07) is 10.2. The topological polar surface area (TPSA) is 32.7 Å². The Labute approximate surface area is 109 Å². The van der Waals surface area contributed by atoms with Gasteiger partial charge in [-0.05, 0) is 25.6 Å². The van der Waals surface area contributed by atoms with Crippen LogP contribution in [0.4, 0.5) is 0 Å². The minimum absolute atomic E-state index is 0.232. The van der Waals surface area contributed by atoms with Gasteiger partial charge in [-0.15, -0.1) is 0 Å². The lowest BCUT2D eigenvalue weighted by atomic mass is 10.2. The highest BCUT2D eigenvalue weighted by atomic mass is 16.1. The molecule has 0 radical (unpaired) electrons. The Morgan fingerprint density at radius 3 is 2.50 bits per heavy atom. The first kappa shape index (κ1) is 14.2. The van der Waals surface area contributed by atoms with Crippen LogP contribution < -0.4 is 0 Å². The largest absolute Gasteiger partial charge is 0.373 e. The van der Waals surface area contributed by atoms with Gasteiger partial charge in [0.05, 0.1) is 0 Å². The Balaban J connectivity index is 2.80. The first-order valence-corrected chi connectivity index (χ1v) is 6.21. The number of hydrogen-bond acceptors (Lipinski definition) is 2. The Bertz CT molecular complexity index is 423. The molecule has 1 aromatic rings. The van der Waals surface area contributed by atoms with E-state index in [9.17, 15) is 4.79 Å². The van der Waals surface area contributed by atoms with E-state index in [1.807, 2.05) is 31.3 Å². The van der Waals surface area contributed by atoms with E-state index in [-0.39, 0.29) is 5.91 Å². The van der Waals surface area contributed by atoms with Gasteiger partial charge in [0, 0.05) is 24.9 Å². The zero-order valence-corrected chi connectivity index (χ0v) is 11.1. The molecule has 0 spiro atoms. The molecule has 0 unspecified atom stereocenters. The van der Waals surface area contributed by atoms with Crippen LogP contribution >= 0.6 is 0 Å². The summed E-state index contributed by atoms with van der Waals surface area (Å²) in [5, 5.41) is 0. The number of benzene rings is 1. The van der Waals surface area contributed by atoms with E-state index in [1.165, 1.54) is 5.56 Å². The summed E-state index contributed by atoms with van der Waals surface area (Å²) < 4.78 is 0. The molecule has 0 fully saturated rings. The Morgan fingerprint density at radius 1 is 1.33 bits per heavy atom. The van der Waals surface area contributed by atoms with Crippen LogP contribution in [0.2, 0.25) is 0 Å². The van der Waals surface area contributed by atoms with Crippen LogP contribution in [-0.4, -0.2) is 24.1 Å². The maximum absolute atomic E-state index is 11.5. The van der Waals surface area contributed by atoms with Crippen LogP contribution in [-0.2, 0) is 11.3 Å². The van der Waals surface area contributed by atoms with Crippen LogP contribution in [0.5, 0.6) is 0 Å². The number of rotatable bonds is 6. The summed E-state index contributed by atoms with van der Waals surface area (Å²) in [5.41, 5.74) is 1.92. The van der Waals surface area contributed by atoms with Crippen molar-refractivity contribution >= 4 is 12.6 Å². The van der Waals surface area contributed by atoms with E-state index >= 15 is 0 Å². The number of carbonyl (C=O) groups excluding carboxylic acids is 1. The highest BCUT2D eigenvalue weighted by Crippen LogP contribution is 2.09. The second kappa shape index (κ2) is 7.43. The van der Waals surface area contributed by atoms with Gasteiger partial charge in [-0.2, -0.15) is 0 Å². The fourth-order valence-corrected chi connectivity index (χ4v) is 1.69. The van der Waals surface area contributed by atoms with Gasteiger partial charge in [-0.25, -0.2) is 4.99 Å². The van der Waals surface area contributed by atoms with Crippen molar-refractivity contribution in [2.45, 2.75) is 26.8 Å². The molecule has 0 N–H and O–H groups in total. The first-order valence-electron chi connectivity index (χ1n) is 6.21. The summed E-state index contributed by atoms with van der Waals surface area (Å²) in [5.74, 6) is -0.232. The van der Waals surface area contributed by atoms with Crippen molar-refractivity contribution in [1.82, 2.24) is 4.90 Å². The molecule has 1 rings (SSSR count). The molecule has 0 aliphatic heterocycles. The lowest BCUT2D eigenvalue weighted by Gasteiger charge is -2.19. The molecule has 0 saturated heterocycles. The summed E-state index contributed by atoms with van der Waals surface area (Å²) in [6.07, 6.45) is 2.56. The third-order valence-electron chi connectivity index (χ3n) is 2.77. The second-order valence-corrected chi connectivity index (χ2v) is 4.02. The molecule has 96 valence electrons. The highest BCUT2D eigenvalue weighted by molar-refractivity contribution is 5.96. The molecule has 0 heterocycles. The summed E-state index contributed by atoms with van der Waals surface area (Å²) in [7, 11) is 0. The van der Waals surface area contributed by atoms with Crippen molar-refractivity contribution in [3.05, 3.63) is 47.7 Å². The van der Waals surface area contributed by atoms with Crippen molar-refractivity contribution in [1.29, 1.82) is 0 Å². The van der Waals surface area contributed by atoms with Gasteiger partial charge < -0.3 is 4.90 Å². The average Bonchev–Trinajstić information content (AvgIpc) is 2.43. The maximum Gasteiger partial charge on any atom is 0.273 e. The van der Waals surface area contributed by atoms with Gasteiger partial charge in [-0.1, -0.05) is 37.3 Å². The molecule has 0 aliphatic carbocycles. The average molecular weight is 244 g/mol. The van der Waals surface area contributed by atoms with Crippen LogP contribution in [0.1, 0.15) is 25.8 Å². The van der Waals surface area contributed by atoms with E-state index in [1.54, 1.807) is 0 Å². The predicted molar refractivity (Wildman–Crippen MR) is 75.5 cm³/mol. The molecule has 0 bridgehead atoms. The number of nitrogens with zero attached hydrogens (tertiary/aromatic N) is 2. The maximum atomic E-state index is 11.5.